The summed E-state index contributed by atoms with van der Waals surface area (Å²) in [5, 5.41) is 4.49. The number of hydrogen-bond donors (Lipinski definition) is 1. The minimum absolute atomic E-state index is 0.572. The Balaban J connectivity index is 1.73. The standard InChI is InChI=1S/C18H20N6/c1-12-9-13(2)24(22-12)18-16(19)17(20-11-21-18)23-8-7-14-5-3-4-6-15(14)10-23/h3-6,9,11H,7-8,10,19H2,1-2H3. The van der Waals surface area contributed by atoms with Gasteiger partial charge in [-0.3, -0.25) is 0 Å². The Kier molecular flexibility index (Phi) is 3.45. The molecule has 0 aliphatic carbocycles. The molecule has 0 amide bonds. The van der Waals surface area contributed by atoms with E-state index in [-0.39, 0.29) is 0 Å². The molecule has 3 heterocycles. The molecule has 0 atom stereocenters. The third-order valence-corrected chi connectivity index (χ3v) is 4.48. The molecule has 1 aliphatic rings. The highest BCUT2D eigenvalue weighted by Crippen LogP contribution is 2.30. The number of aryl methyl sites for hydroxylation is 2. The molecule has 0 saturated heterocycles. The zero-order valence-electron chi connectivity index (χ0n) is 13.9. The van der Waals surface area contributed by atoms with Crippen LogP contribution in [0.25, 0.3) is 5.82 Å². The second-order valence-electron chi connectivity index (χ2n) is 6.21. The highest BCUT2D eigenvalue weighted by atomic mass is 15.3. The normalized spacial score (nSPS) is 13.8. The molecule has 2 N–H and O–H groups in total. The van der Waals surface area contributed by atoms with Crippen LogP contribution in [-0.2, 0) is 13.0 Å². The van der Waals surface area contributed by atoms with E-state index in [1.54, 1.807) is 11.0 Å². The Hall–Kier alpha value is -2.89. The molecule has 0 radical (unpaired) electrons. The predicted octanol–water partition coefficient (Wildman–Crippen LogP) is 2.42. The molecule has 4 rings (SSSR count). The maximum atomic E-state index is 6.42. The summed E-state index contributed by atoms with van der Waals surface area (Å²) >= 11 is 0. The van der Waals surface area contributed by atoms with Crippen LogP contribution < -0.4 is 10.6 Å². The topological polar surface area (TPSA) is 72.9 Å². The molecule has 2 aromatic heterocycles. The molecular weight excluding hydrogens is 300 g/mol. The SMILES string of the molecule is Cc1cc(C)n(-c2ncnc(N3CCc4ccccc4C3)c2N)n1. The van der Waals surface area contributed by atoms with Crippen LogP contribution in [0.4, 0.5) is 11.5 Å². The van der Waals surface area contributed by atoms with Gasteiger partial charge in [-0.2, -0.15) is 5.10 Å². The van der Waals surface area contributed by atoms with Gasteiger partial charge in [0.1, 0.15) is 12.0 Å². The number of nitrogens with two attached hydrogens (primary N) is 1. The van der Waals surface area contributed by atoms with Crippen LogP contribution in [0.2, 0.25) is 0 Å². The molecule has 0 fully saturated rings. The quantitative estimate of drug-likeness (QED) is 0.785. The molecule has 0 unspecified atom stereocenters. The smallest absolute Gasteiger partial charge is 0.182 e. The van der Waals surface area contributed by atoms with Crippen molar-refractivity contribution in [1.29, 1.82) is 0 Å². The summed E-state index contributed by atoms with van der Waals surface area (Å²) in [6.45, 7) is 5.67. The third-order valence-electron chi connectivity index (χ3n) is 4.48. The lowest BCUT2D eigenvalue weighted by molar-refractivity contribution is 0.716. The molecule has 6 heteroatoms. The fourth-order valence-electron chi connectivity index (χ4n) is 3.32. The molecule has 0 saturated carbocycles. The van der Waals surface area contributed by atoms with Crippen molar-refractivity contribution in [3.05, 3.63) is 59.2 Å². The number of fused-ring (bicyclic) bond motifs is 1. The Morgan fingerprint density at radius 3 is 2.54 bits per heavy atom. The fourth-order valence-corrected chi connectivity index (χ4v) is 3.32. The highest BCUT2D eigenvalue weighted by Gasteiger charge is 2.21. The van der Waals surface area contributed by atoms with Crippen molar-refractivity contribution < 1.29 is 0 Å². The second kappa shape index (κ2) is 5.63. The zero-order valence-corrected chi connectivity index (χ0v) is 13.9. The average Bonchev–Trinajstić information content (AvgIpc) is 2.93. The van der Waals surface area contributed by atoms with E-state index >= 15 is 0 Å². The van der Waals surface area contributed by atoms with Crippen molar-refractivity contribution in [1.82, 2.24) is 19.7 Å². The van der Waals surface area contributed by atoms with Gasteiger partial charge < -0.3 is 10.6 Å². The number of nitrogens with zero attached hydrogens (tertiary/aromatic N) is 5. The van der Waals surface area contributed by atoms with Crippen LogP contribution in [0.1, 0.15) is 22.5 Å². The summed E-state index contributed by atoms with van der Waals surface area (Å²) in [6, 6.07) is 10.5. The maximum absolute atomic E-state index is 6.42. The Morgan fingerprint density at radius 2 is 1.79 bits per heavy atom. The number of aromatic nitrogens is 4. The van der Waals surface area contributed by atoms with E-state index in [9.17, 15) is 0 Å². The van der Waals surface area contributed by atoms with Gasteiger partial charge in [-0.1, -0.05) is 24.3 Å². The molecule has 122 valence electrons. The van der Waals surface area contributed by atoms with Crippen molar-refractivity contribution >= 4 is 11.5 Å². The first-order chi connectivity index (χ1) is 11.6. The van der Waals surface area contributed by atoms with Crippen LogP contribution in [0.3, 0.4) is 0 Å². The molecule has 0 spiro atoms. The molecule has 1 aromatic carbocycles. The molecule has 1 aliphatic heterocycles. The van der Waals surface area contributed by atoms with Gasteiger partial charge in [-0.25, -0.2) is 14.6 Å². The first kappa shape index (κ1) is 14.7. The van der Waals surface area contributed by atoms with Gasteiger partial charge in [0.25, 0.3) is 0 Å². The van der Waals surface area contributed by atoms with Crippen LogP contribution in [0, 0.1) is 13.8 Å². The van der Waals surface area contributed by atoms with E-state index in [0.29, 0.717) is 11.5 Å². The van der Waals surface area contributed by atoms with Gasteiger partial charge >= 0.3 is 0 Å². The summed E-state index contributed by atoms with van der Waals surface area (Å²) in [7, 11) is 0. The number of rotatable bonds is 2. The van der Waals surface area contributed by atoms with Gasteiger partial charge in [0.05, 0.1) is 5.69 Å². The highest BCUT2D eigenvalue weighted by molar-refractivity contribution is 5.70. The van der Waals surface area contributed by atoms with Gasteiger partial charge in [0.2, 0.25) is 0 Å². The van der Waals surface area contributed by atoms with E-state index in [1.807, 2.05) is 19.9 Å². The lowest BCUT2D eigenvalue weighted by atomic mass is 10.00. The van der Waals surface area contributed by atoms with Crippen molar-refractivity contribution in [2.75, 3.05) is 17.2 Å². The number of benzene rings is 1. The minimum Gasteiger partial charge on any atom is -0.393 e. The van der Waals surface area contributed by atoms with Crippen LogP contribution in [-0.4, -0.2) is 26.3 Å². The monoisotopic (exact) mass is 320 g/mol. The van der Waals surface area contributed by atoms with E-state index in [2.05, 4.69) is 44.2 Å². The van der Waals surface area contributed by atoms with E-state index in [4.69, 9.17) is 5.73 Å². The first-order valence-electron chi connectivity index (χ1n) is 8.09. The summed E-state index contributed by atoms with van der Waals surface area (Å²) in [5.41, 5.74) is 11.7. The Bertz CT molecular complexity index is 898. The molecule has 3 aromatic rings. The summed E-state index contributed by atoms with van der Waals surface area (Å²) < 4.78 is 1.79. The summed E-state index contributed by atoms with van der Waals surface area (Å²) in [5.74, 6) is 1.42. The van der Waals surface area contributed by atoms with Gasteiger partial charge in [-0.05, 0) is 37.5 Å². The van der Waals surface area contributed by atoms with E-state index in [1.165, 1.54) is 11.1 Å². The van der Waals surface area contributed by atoms with Crippen molar-refractivity contribution in [2.24, 2.45) is 0 Å². The number of hydrogen-bond acceptors (Lipinski definition) is 5. The average molecular weight is 320 g/mol. The van der Waals surface area contributed by atoms with Crippen LogP contribution in [0.5, 0.6) is 0 Å². The molecule has 24 heavy (non-hydrogen) atoms. The zero-order chi connectivity index (χ0) is 16.7. The molecular formula is C18H20N6. The minimum atomic E-state index is 0.572. The fraction of sp³-hybridized carbons (Fsp3) is 0.278. The number of nitrogen functional groups attached to an aromatic ring is 1. The second-order valence-corrected chi connectivity index (χ2v) is 6.21. The van der Waals surface area contributed by atoms with Crippen LogP contribution >= 0.6 is 0 Å². The Morgan fingerprint density at radius 1 is 1.04 bits per heavy atom. The van der Waals surface area contributed by atoms with Crippen molar-refractivity contribution in [2.45, 2.75) is 26.8 Å². The van der Waals surface area contributed by atoms with E-state index in [0.717, 1.165) is 36.7 Å². The molecule has 0 bridgehead atoms. The van der Waals surface area contributed by atoms with Gasteiger partial charge in [0.15, 0.2) is 11.6 Å². The lowest BCUT2D eigenvalue weighted by Crippen LogP contribution is -2.32. The van der Waals surface area contributed by atoms with E-state index < -0.39 is 0 Å². The lowest BCUT2D eigenvalue weighted by Gasteiger charge is -2.30. The Labute approximate surface area is 141 Å². The summed E-state index contributed by atoms with van der Waals surface area (Å²) in [4.78, 5) is 11.0. The summed E-state index contributed by atoms with van der Waals surface area (Å²) in [6.07, 6.45) is 2.56. The third kappa shape index (κ3) is 2.40. The number of anilines is 2. The van der Waals surface area contributed by atoms with Gasteiger partial charge in [-0.15, -0.1) is 0 Å². The predicted molar refractivity (Wildman–Crippen MR) is 94.2 cm³/mol. The first-order valence-corrected chi connectivity index (χ1v) is 8.09. The van der Waals surface area contributed by atoms with Crippen molar-refractivity contribution in [3.63, 3.8) is 0 Å². The van der Waals surface area contributed by atoms with Crippen molar-refractivity contribution in [3.8, 4) is 5.82 Å². The van der Waals surface area contributed by atoms with Gasteiger partial charge in [0, 0.05) is 18.8 Å². The molecule has 6 nitrogen and oxygen atoms in total. The largest absolute Gasteiger partial charge is 0.393 e. The van der Waals surface area contributed by atoms with Crippen LogP contribution in [0.15, 0.2) is 36.7 Å². The maximum Gasteiger partial charge on any atom is 0.182 e.